The Labute approximate surface area is 189 Å². The van der Waals surface area contributed by atoms with E-state index in [9.17, 15) is 14.9 Å². The van der Waals surface area contributed by atoms with Crippen molar-refractivity contribution in [3.63, 3.8) is 0 Å². The number of fused-ring (bicyclic) bond motifs is 1. The second kappa shape index (κ2) is 8.29. The van der Waals surface area contributed by atoms with E-state index < -0.39 is 16.2 Å². The lowest BCUT2D eigenvalue weighted by atomic mass is 10.2. The van der Waals surface area contributed by atoms with Crippen LogP contribution in [0.3, 0.4) is 0 Å². The first-order chi connectivity index (χ1) is 14.8. The van der Waals surface area contributed by atoms with E-state index in [-0.39, 0.29) is 16.7 Å². The van der Waals surface area contributed by atoms with Gasteiger partial charge in [-0.3, -0.25) is 23.9 Å². The van der Waals surface area contributed by atoms with Gasteiger partial charge in [0.2, 0.25) is 0 Å². The molecule has 0 unspecified atom stereocenters. The number of nitro groups is 1. The Morgan fingerprint density at radius 1 is 1.16 bits per heavy atom. The first-order valence-electron chi connectivity index (χ1n) is 9.02. The standard InChI is InChI=1S/C19H14Cl2N6O3S/c1-10(2)26-16(12-7-6-11(20)9-13(12)21)23-24-19(26)31-17-15(27(29)30)18(28)25-8-4-3-5-14(25)22-17/h3-10H,1-2H3. The van der Waals surface area contributed by atoms with E-state index >= 15 is 0 Å². The molecule has 9 nitrogen and oxygen atoms in total. The van der Waals surface area contributed by atoms with Gasteiger partial charge in [-0.15, -0.1) is 10.2 Å². The molecule has 0 spiro atoms. The van der Waals surface area contributed by atoms with Gasteiger partial charge in [-0.2, -0.15) is 0 Å². The number of halogens is 2. The SMILES string of the molecule is CC(C)n1c(Sc2nc3ccccn3c(=O)c2[N+](=O)[O-])nnc1-c1ccc(Cl)cc1Cl. The third kappa shape index (κ3) is 3.89. The molecule has 0 bridgehead atoms. The van der Waals surface area contributed by atoms with Crippen molar-refractivity contribution in [2.45, 2.75) is 30.1 Å². The zero-order valence-electron chi connectivity index (χ0n) is 16.2. The van der Waals surface area contributed by atoms with Gasteiger partial charge < -0.3 is 0 Å². The van der Waals surface area contributed by atoms with E-state index in [2.05, 4.69) is 15.2 Å². The highest BCUT2D eigenvalue weighted by atomic mass is 35.5. The average Bonchev–Trinajstić information content (AvgIpc) is 3.11. The molecule has 12 heteroatoms. The summed E-state index contributed by atoms with van der Waals surface area (Å²) in [6.45, 7) is 3.83. The minimum Gasteiger partial charge on any atom is -0.299 e. The second-order valence-corrected chi connectivity index (χ2v) is 8.55. The summed E-state index contributed by atoms with van der Waals surface area (Å²) in [5.74, 6) is 0.472. The number of benzene rings is 1. The lowest BCUT2D eigenvalue weighted by Gasteiger charge is -2.14. The van der Waals surface area contributed by atoms with Gasteiger partial charge in [-0.25, -0.2) is 4.98 Å². The Bertz CT molecular complexity index is 1390. The van der Waals surface area contributed by atoms with Crippen LogP contribution >= 0.6 is 35.0 Å². The Morgan fingerprint density at radius 2 is 1.94 bits per heavy atom. The molecule has 0 aliphatic heterocycles. The smallest absolute Gasteiger partial charge is 0.299 e. The molecule has 4 rings (SSSR count). The van der Waals surface area contributed by atoms with Gasteiger partial charge in [0, 0.05) is 22.8 Å². The van der Waals surface area contributed by atoms with Crippen molar-refractivity contribution in [1.82, 2.24) is 24.1 Å². The molecule has 0 aliphatic rings. The van der Waals surface area contributed by atoms with Crippen molar-refractivity contribution in [1.29, 1.82) is 0 Å². The molecule has 0 saturated carbocycles. The van der Waals surface area contributed by atoms with Crippen LogP contribution in [0.1, 0.15) is 19.9 Å². The van der Waals surface area contributed by atoms with Crippen molar-refractivity contribution in [3.8, 4) is 11.4 Å². The van der Waals surface area contributed by atoms with Crippen LogP contribution < -0.4 is 5.56 Å². The fourth-order valence-corrected chi connectivity index (χ4v) is 4.58. The zero-order chi connectivity index (χ0) is 22.3. The molecule has 1 aromatic carbocycles. The molecular formula is C19H14Cl2N6O3S. The number of hydrogen-bond acceptors (Lipinski definition) is 7. The maximum atomic E-state index is 12.7. The van der Waals surface area contributed by atoms with Crippen molar-refractivity contribution in [2.75, 3.05) is 0 Å². The van der Waals surface area contributed by atoms with Crippen LogP contribution in [0.4, 0.5) is 5.69 Å². The number of pyridine rings is 1. The lowest BCUT2D eigenvalue weighted by Crippen LogP contribution is -2.19. The fraction of sp³-hybridized carbons (Fsp3) is 0.158. The normalized spacial score (nSPS) is 11.4. The molecular weight excluding hydrogens is 463 g/mol. The molecule has 0 amide bonds. The van der Waals surface area contributed by atoms with E-state index in [1.807, 2.05) is 13.8 Å². The summed E-state index contributed by atoms with van der Waals surface area (Å²) in [6.07, 6.45) is 1.43. The molecule has 0 aliphatic carbocycles. The van der Waals surface area contributed by atoms with Crippen LogP contribution in [0.15, 0.2) is 57.6 Å². The highest BCUT2D eigenvalue weighted by molar-refractivity contribution is 7.99. The van der Waals surface area contributed by atoms with Gasteiger partial charge in [0.15, 0.2) is 16.0 Å². The largest absolute Gasteiger partial charge is 0.366 e. The van der Waals surface area contributed by atoms with Crippen molar-refractivity contribution in [2.24, 2.45) is 0 Å². The minimum absolute atomic E-state index is 0.0655. The maximum absolute atomic E-state index is 12.7. The summed E-state index contributed by atoms with van der Waals surface area (Å²) in [7, 11) is 0. The van der Waals surface area contributed by atoms with Gasteiger partial charge in [0.05, 0.1) is 9.95 Å². The van der Waals surface area contributed by atoms with E-state index in [0.29, 0.717) is 26.6 Å². The predicted molar refractivity (Wildman–Crippen MR) is 118 cm³/mol. The summed E-state index contributed by atoms with van der Waals surface area (Å²) in [4.78, 5) is 28.0. The Hall–Kier alpha value is -2.95. The molecule has 158 valence electrons. The molecule has 3 aromatic heterocycles. The fourth-order valence-electron chi connectivity index (χ4n) is 3.04. The van der Waals surface area contributed by atoms with Crippen LogP contribution in [0.5, 0.6) is 0 Å². The van der Waals surface area contributed by atoms with Gasteiger partial charge in [0.1, 0.15) is 5.65 Å². The van der Waals surface area contributed by atoms with E-state index in [0.717, 1.165) is 16.2 Å². The topological polar surface area (TPSA) is 108 Å². The molecule has 3 heterocycles. The van der Waals surface area contributed by atoms with Crippen molar-refractivity contribution >= 4 is 46.3 Å². The van der Waals surface area contributed by atoms with Crippen molar-refractivity contribution < 1.29 is 4.92 Å². The maximum Gasteiger partial charge on any atom is 0.366 e. The minimum atomic E-state index is -0.769. The van der Waals surface area contributed by atoms with Gasteiger partial charge in [0.25, 0.3) is 0 Å². The highest BCUT2D eigenvalue weighted by Gasteiger charge is 2.27. The second-order valence-electron chi connectivity index (χ2n) is 6.75. The number of hydrogen-bond donors (Lipinski definition) is 0. The third-order valence-electron chi connectivity index (χ3n) is 4.40. The first-order valence-corrected chi connectivity index (χ1v) is 10.6. The van der Waals surface area contributed by atoms with Gasteiger partial charge >= 0.3 is 11.2 Å². The van der Waals surface area contributed by atoms with Crippen molar-refractivity contribution in [3.05, 3.63) is 73.1 Å². The van der Waals surface area contributed by atoms with E-state index in [4.69, 9.17) is 23.2 Å². The molecule has 31 heavy (non-hydrogen) atoms. The van der Waals surface area contributed by atoms with Crippen LogP contribution in [-0.2, 0) is 0 Å². The average molecular weight is 477 g/mol. The van der Waals surface area contributed by atoms with Gasteiger partial charge in [-0.05, 0) is 55.9 Å². The van der Waals surface area contributed by atoms with Crippen LogP contribution in [0.2, 0.25) is 10.0 Å². The third-order valence-corrected chi connectivity index (χ3v) is 5.89. The quantitative estimate of drug-likeness (QED) is 0.229. The molecule has 0 fully saturated rings. The van der Waals surface area contributed by atoms with E-state index in [1.165, 1.54) is 6.20 Å². The van der Waals surface area contributed by atoms with Crippen LogP contribution in [0.25, 0.3) is 17.0 Å². The first kappa shape index (κ1) is 21.3. The Kier molecular flexibility index (Phi) is 5.69. The molecule has 0 atom stereocenters. The Morgan fingerprint density at radius 3 is 2.61 bits per heavy atom. The highest BCUT2D eigenvalue weighted by Crippen LogP contribution is 2.36. The number of aromatic nitrogens is 5. The van der Waals surface area contributed by atoms with E-state index in [1.54, 1.807) is 41.0 Å². The monoisotopic (exact) mass is 476 g/mol. The molecule has 4 aromatic rings. The lowest BCUT2D eigenvalue weighted by molar-refractivity contribution is -0.389. The van der Waals surface area contributed by atoms with Crippen LogP contribution in [0, 0.1) is 10.1 Å². The molecule has 0 saturated heterocycles. The molecule has 0 N–H and O–H groups in total. The summed E-state index contributed by atoms with van der Waals surface area (Å²) >= 11 is 13.2. The summed E-state index contributed by atoms with van der Waals surface area (Å²) in [6, 6.07) is 9.79. The summed E-state index contributed by atoms with van der Waals surface area (Å²) in [5, 5.41) is 21.2. The Balaban J connectivity index is 1.88. The van der Waals surface area contributed by atoms with Crippen LogP contribution in [-0.4, -0.2) is 29.1 Å². The zero-order valence-corrected chi connectivity index (χ0v) is 18.5. The summed E-state index contributed by atoms with van der Waals surface area (Å²) in [5.41, 5.74) is -0.495. The predicted octanol–water partition coefficient (Wildman–Crippen LogP) is 4.90. The summed E-state index contributed by atoms with van der Waals surface area (Å²) < 4.78 is 2.91. The number of rotatable bonds is 5. The molecule has 0 radical (unpaired) electrons. The van der Waals surface area contributed by atoms with Gasteiger partial charge in [-0.1, -0.05) is 29.3 Å². The number of nitrogens with zero attached hydrogens (tertiary/aromatic N) is 6.